The molecular formula is C15H23NOS. The molecule has 1 aromatic carbocycles. The highest BCUT2D eigenvalue weighted by Gasteiger charge is 2.20. The smallest absolute Gasteiger partial charge is 0.127 e. The van der Waals surface area contributed by atoms with Crippen LogP contribution in [-0.2, 0) is 6.42 Å². The minimum Gasteiger partial charge on any atom is -0.493 e. The van der Waals surface area contributed by atoms with E-state index in [-0.39, 0.29) is 0 Å². The first-order chi connectivity index (χ1) is 8.86. The minimum absolute atomic E-state index is 0.410. The van der Waals surface area contributed by atoms with Crippen LogP contribution in [0.15, 0.2) is 18.2 Å². The van der Waals surface area contributed by atoms with Crippen LogP contribution < -0.4 is 10.1 Å². The zero-order valence-corrected chi connectivity index (χ0v) is 12.2. The third kappa shape index (κ3) is 3.21. The maximum absolute atomic E-state index is 5.91. The number of thioether (sulfide) groups is 1. The van der Waals surface area contributed by atoms with Crippen molar-refractivity contribution in [2.45, 2.75) is 32.2 Å². The van der Waals surface area contributed by atoms with E-state index in [2.05, 4.69) is 36.7 Å². The third-order valence-corrected chi connectivity index (χ3v) is 3.98. The topological polar surface area (TPSA) is 21.3 Å². The van der Waals surface area contributed by atoms with Crippen LogP contribution in [0.4, 0.5) is 0 Å². The Morgan fingerprint density at radius 3 is 3.11 bits per heavy atom. The highest BCUT2D eigenvalue weighted by molar-refractivity contribution is 7.98. The van der Waals surface area contributed by atoms with Gasteiger partial charge in [-0.3, -0.25) is 0 Å². The second-order valence-electron chi connectivity index (χ2n) is 4.75. The fourth-order valence-corrected chi connectivity index (χ4v) is 3.06. The van der Waals surface area contributed by atoms with Gasteiger partial charge in [-0.2, -0.15) is 11.8 Å². The molecule has 0 radical (unpaired) electrons. The van der Waals surface area contributed by atoms with E-state index < -0.39 is 0 Å². The number of ether oxygens (including phenoxy) is 1. The number of rotatable bonds is 6. The van der Waals surface area contributed by atoms with Crippen LogP contribution in [0, 0.1) is 0 Å². The predicted molar refractivity (Wildman–Crippen MR) is 79.7 cm³/mol. The van der Waals surface area contributed by atoms with Crippen molar-refractivity contribution in [3.05, 3.63) is 29.3 Å². The van der Waals surface area contributed by atoms with Crippen LogP contribution in [0.25, 0.3) is 0 Å². The molecule has 1 atom stereocenters. The number of aryl methyl sites for hydroxylation is 1. The van der Waals surface area contributed by atoms with Gasteiger partial charge in [-0.1, -0.05) is 25.1 Å². The zero-order chi connectivity index (χ0) is 12.8. The molecule has 0 bridgehead atoms. The van der Waals surface area contributed by atoms with E-state index in [0.29, 0.717) is 6.04 Å². The first-order valence-electron chi connectivity index (χ1n) is 6.83. The van der Waals surface area contributed by atoms with Gasteiger partial charge in [0.1, 0.15) is 5.75 Å². The molecule has 1 N–H and O–H groups in total. The summed E-state index contributed by atoms with van der Waals surface area (Å²) in [6.45, 7) is 4.14. The molecule has 0 fully saturated rings. The number of nitrogens with one attached hydrogen (secondary N) is 1. The van der Waals surface area contributed by atoms with Gasteiger partial charge in [0, 0.05) is 17.4 Å². The maximum atomic E-state index is 5.91. The first-order valence-corrected chi connectivity index (χ1v) is 8.23. The van der Waals surface area contributed by atoms with Gasteiger partial charge >= 0.3 is 0 Å². The first kappa shape index (κ1) is 13.8. The Balaban J connectivity index is 2.22. The Morgan fingerprint density at radius 1 is 1.44 bits per heavy atom. The van der Waals surface area contributed by atoms with Crippen molar-refractivity contribution in [2.24, 2.45) is 0 Å². The molecule has 0 spiro atoms. The van der Waals surface area contributed by atoms with Crippen molar-refractivity contribution in [2.75, 3.05) is 25.2 Å². The van der Waals surface area contributed by atoms with Crippen molar-refractivity contribution in [3.63, 3.8) is 0 Å². The summed E-state index contributed by atoms with van der Waals surface area (Å²) < 4.78 is 5.91. The molecule has 1 aliphatic heterocycles. The molecule has 2 rings (SSSR count). The Bertz CT molecular complexity index is 381. The third-order valence-electron chi connectivity index (χ3n) is 3.31. The maximum Gasteiger partial charge on any atom is 0.127 e. The Hall–Kier alpha value is -0.670. The molecule has 3 heteroatoms. The molecule has 1 unspecified atom stereocenters. The zero-order valence-electron chi connectivity index (χ0n) is 11.4. The van der Waals surface area contributed by atoms with Gasteiger partial charge in [0.15, 0.2) is 0 Å². The van der Waals surface area contributed by atoms with Gasteiger partial charge in [-0.05, 0) is 37.6 Å². The largest absolute Gasteiger partial charge is 0.493 e. The average molecular weight is 265 g/mol. The van der Waals surface area contributed by atoms with Crippen molar-refractivity contribution < 1.29 is 4.74 Å². The quantitative estimate of drug-likeness (QED) is 0.851. The van der Waals surface area contributed by atoms with Crippen molar-refractivity contribution in [1.29, 1.82) is 0 Å². The molecule has 1 aliphatic rings. The lowest BCUT2D eigenvalue weighted by molar-refractivity contribution is 0.282. The molecule has 2 nitrogen and oxygen atoms in total. The minimum atomic E-state index is 0.410. The van der Waals surface area contributed by atoms with Gasteiger partial charge in [-0.15, -0.1) is 0 Å². The van der Waals surface area contributed by atoms with Crippen LogP contribution in [0.3, 0.4) is 0 Å². The summed E-state index contributed by atoms with van der Waals surface area (Å²) in [6, 6.07) is 7.00. The fourth-order valence-electron chi connectivity index (χ4n) is 2.43. The summed E-state index contributed by atoms with van der Waals surface area (Å²) in [5.74, 6) is 2.24. The molecular weight excluding hydrogens is 242 g/mol. The van der Waals surface area contributed by atoms with Crippen LogP contribution in [0.2, 0.25) is 0 Å². The number of hydrogen-bond acceptors (Lipinski definition) is 3. The lowest BCUT2D eigenvalue weighted by atomic mass is 9.98. The molecule has 18 heavy (non-hydrogen) atoms. The summed E-state index contributed by atoms with van der Waals surface area (Å²) in [5.41, 5.74) is 2.72. The molecule has 100 valence electrons. The molecule has 0 saturated carbocycles. The van der Waals surface area contributed by atoms with E-state index >= 15 is 0 Å². The molecule has 0 aliphatic carbocycles. The van der Waals surface area contributed by atoms with Gasteiger partial charge < -0.3 is 10.1 Å². The summed E-state index contributed by atoms with van der Waals surface area (Å²) >= 11 is 1.89. The molecule has 0 aromatic heterocycles. The van der Waals surface area contributed by atoms with E-state index in [1.165, 1.54) is 17.5 Å². The summed E-state index contributed by atoms with van der Waals surface area (Å²) in [5, 5.41) is 3.64. The molecule has 0 amide bonds. The van der Waals surface area contributed by atoms with Gasteiger partial charge in [-0.25, -0.2) is 0 Å². The van der Waals surface area contributed by atoms with Crippen molar-refractivity contribution in [1.82, 2.24) is 5.32 Å². The summed E-state index contributed by atoms with van der Waals surface area (Å²) in [4.78, 5) is 0. The van der Waals surface area contributed by atoms with E-state index in [1.807, 2.05) is 11.8 Å². The van der Waals surface area contributed by atoms with Gasteiger partial charge in [0.05, 0.1) is 6.61 Å². The highest BCUT2D eigenvalue weighted by Crippen LogP contribution is 2.33. The van der Waals surface area contributed by atoms with Crippen molar-refractivity contribution in [3.8, 4) is 5.75 Å². The molecule has 0 saturated heterocycles. The normalized spacial score (nSPS) is 15.9. The van der Waals surface area contributed by atoms with E-state index in [4.69, 9.17) is 4.74 Å². The van der Waals surface area contributed by atoms with Crippen LogP contribution in [0.1, 0.15) is 36.9 Å². The number of hydrogen-bond donors (Lipinski definition) is 1. The van der Waals surface area contributed by atoms with Gasteiger partial charge in [0.2, 0.25) is 0 Å². The highest BCUT2D eigenvalue weighted by atomic mass is 32.2. The fraction of sp³-hybridized carbons (Fsp3) is 0.600. The average Bonchev–Trinajstić information content (AvgIpc) is 2.43. The second-order valence-corrected chi connectivity index (χ2v) is 5.66. The molecule has 1 aromatic rings. The Labute approximate surface area is 114 Å². The molecule has 1 heterocycles. The van der Waals surface area contributed by atoms with Crippen LogP contribution in [0.5, 0.6) is 5.75 Å². The number of benzene rings is 1. The Kier molecular flexibility index (Phi) is 5.39. The van der Waals surface area contributed by atoms with Crippen molar-refractivity contribution >= 4 is 11.8 Å². The standard InChI is InChI=1S/C15H23NOS/c1-3-9-16-14(11-18-2)13-8-4-6-12-7-5-10-17-15(12)13/h4,6,8,14,16H,3,5,7,9-11H2,1-2H3. The monoisotopic (exact) mass is 265 g/mol. The predicted octanol–water partition coefficient (Wildman–Crippen LogP) is 3.42. The van der Waals surface area contributed by atoms with E-state index in [0.717, 1.165) is 37.5 Å². The summed E-state index contributed by atoms with van der Waals surface area (Å²) in [6.07, 6.45) is 5.63. The SMILES string of the molecule is CCCNC(CSC)c1cccc2c1OCCC2. The van der Waals surface area contributed by atoms with Crippen LogP contribution >= 0.6 is 11.8 Å². The van der Waals surface area contributed by atoms with E-state index in [9.17, 15) is 0 Å². The number of para-hydroxylation sites is 1. The van der Waals surface area contributed by atoms with E-state index in [1.54, 1.807) is 0 Å². The summed E-state index contributed by atoms with van der Waals surface area (Å²) in [7, 11) is 0. The van der Waals surface area contributed by atoms with Crippen LogP contribution in [-0.4, -0.2) is 25.2 Å². The number of fused-ring (bicyclic) bond motifs is 1. The van der Waals surface area contributed by atoms with Gasteiger partial charge in [0.25, 0.3) is 0 Å². The second kappa shape index (κ2) is 7.05. The lowest BCUT2D eigenvalue weighted by Gasteiger charge is -2.25. The Morgan fingerprint density at radius 2 is 2.33 bits per heavy atom. The lowest BCUT2D eigenvalue weighted by Crippen LogP contribution is -2.25.